The van der Waals surface area contributed by atoms with Crippen molar-refractivity contribution in [3.8, 4) is 0 Å². The monoisotopic (exact) mass is 463 g/mol. The molecule has 1 saturated heterocycles. The van der Waals surface area contributed by atoms with Gasteiger partial charge < -0.3 is 15.0 Å². The lowest BCUT2D eigenvalue weighted by Gasteiger charge is -2.28. The Balaban J connectivity index is 1.82. The van der Waals surface area contributed by atoms with Crippen LogP contribution >= 0.6 is 0 Å². The van der Waals surface area contributed by atoms with Gasteiger partial charge in [-0.25, -0.2) is 12.8 Å². The maximum absolute atomic E-state index is 13.1. The fourth-order valence-electron chi connectivity index (χ4n) is 3.67. The molecule has 3 rings (SSSR count). The van der Waals surface area contributed by atoms with Crippen molar-refractivity contribution < 1.29 is 22.3 Å². The van der Waals surface area contributed by atoms with Gasteiger partial charge in [-0.05, 0) is 56.2 Å². The van der Waals surface area contributed by atoms with Gasteiger partial charge >= 0.3 is 0 Å². The number of nitrogens with zero attached hydrogens (tertiary/aromatic N) is 2. The molecule has 1 N–H and O–H groups in total. The summed E-state index contributed by atoms with van der Waals surface area (Å²) in [5.41, 5.74) is 2.09. The zero-order valence-corrected chi connectivity index (χ0v) is 19.3. The number of morpholine rings is 1. The van der Waals surface area contributed by atoms with Gasteiger partial charge in [0.05, 0.1) is 29.5 Å². The fraction of sp³-hybridized carbons (Fsp3) is 0.435. The number of carbonyl (C=O) groups is 1. The van der Waals surface area contributed by atoms with Gasteiger partial charge in [0.1, 0.15) is 5.82 Å². The van der Waals surface area contributed by atoms with Crippen LogP contribution in [0.3, 0.4) is 0 Å². The van der Waals surface area contributed by atoms with E-state index in [1.54, 1.807) is 24.3 Å². The fourth-order valence-corrected chi connectivity index (χ4v) is 5.11. The van der Waals surface area contributed by atoms with E-state index in [0.29, 0.717) is 51.5 Å². The number of halogens is 1. The number of amides is 1. The van der Waals surface area contributed by atoms with Crippen LogP contribution in [0.1, 0.15) is 25.8 Å². The number of hydrogen-bond acceptors (Lipinski definition) is 5. The normalized spacial score (nSPS) is 14.8. The van der Waals surface area contributed by atoms with Gasteiger partial charge in [-0.1, -0.05) is 12.1 Å². The van der Waals surface area contributed by atoms with Gasteiger partial charge in [0, 0.05) is 32.6 Å². The Morgan fingerprint density at radius 2 is 1.75 bits per heavy atom. The van der Waals surface area contributed by atoms with Crippen molar-refractivity contribution in [1.82, 2.24) is 4.31 Å². The van der Waals surface area contributed by atoms with E-state index in [4.69, 9.17) is 4.74 Å². The molecule has 32 heavy (non-hydrogen) atoms. The Hall–Kier alpha value is -2.49. The second-order valence-corrected chi connectivity index (χ2v) is 9.48. The van der Waals surface area contributed by atoms with Gasteiger partial charge in [0.2, 0.25) is 15.9 Å². The first-order chi connectivity index (χ1) is 15.3. The molecule has 1 aliphatic heterocycles. The second kappa shape index (κ2) is 10.9. The van der Waals surface area contributed by atoms with Crippen LogP contribution in [-0.2, 0) is 26.0 Å². The lowest BCUT2D eigenvalue weighted by Crippen LogP contribution is -2.40. The quantitative estimate of drug-likeness (QED) is 0.618. The lowest BCUT2D eigenvalue weighted by molar-refractivity contribution is -0.116. The number of carbonyl (C=O) groups excluding carboxylic acids is 1. The smallest absolute Gasteiger partial charge is 0.243 e. The molecule has 0 bridgehead atoms. The highest BCUT2D eigenvalue weighted by Crippen LogP contribution is 2.30. The minimum Gasteiger partial charge on any atom is -0.379 e. The van der Waals surface area contributed by atoms with Crippen LogP contribution in [0.15, 0.2) is 47.4 Å². The number of anilines is 2. The standard InChI is InChI=1S/C23H30FN3O4S/c1-3-26(4-2)22-11-10-20(32(29,30)27-13-15-31-16-14-27)17-21(22)25-23(28)12-7-18-5-8-19(24)9-6-18/h5-6,8-11,17H,3-4,7,12-16H2,1-2H3,(H,25,28). The van der Waals surface area contributed by atoms with Gasteiger partial charge in [-0.2, -0.15) is 4.31 Å². The molecule has 0 radical (unpaired) electrons. The van der Waals surface area contributed by atoms with Gasteiger partial charge in [0.15, 0.2) is 0 Å². The van der Waals surface area contributed by atoms with Crippen LogP contribution in [0.25, 0.3) is 0 Å². The maximum Gasteiger partial charge on any atom is 0.243 e. The Bertz CT molecular complexity index is 1020. The number of sulfonamides is 1. The predicted molar refractivity (Wildman–Crippen MR) is 123 cm³/mol. The molecule has 9 heteroatoms. The van der Waals surface area contributed by atoms with E-state index in [1.807, 2.05) is 13.8 Å². The third-order valence-electron chi connectivity index (χ3n) is 5.51. The summed E-state index contributed by atoms with van der Waals surface area (Å²) in [5.74, 6) is -0.552. The SMILES string of the molecule is CCN(CC)c1ccc(S(=O)(=O)N2CCOCC2)cc1NC(=O)CCc1ccc(F)cc1. The average molecular weight is 464 g/mol. The molecule has 0 saturated carbocycles. The van der Waals surface area contributed by atoms with E-state index in [1.165, 1.54) is 22.5 Å². The molecule has 7 nitrogen and oxygen atoms in total. The van der Waals surface area contributed by atoms with Gasteiger partial charge in [-0.15, -0.1) is 0 Å². The molecule has 1 aliphatic rings. The van der Waals surface area contributed by atoms with E-state index >= 15 is 0 Å². The number of aryl methyl sites for hydroxylation is 1. The molecular weight excluding hydrogens is 433 g/mol. The molecular formula is C23H30FN3O4S. The highest BCUT2D eigenvalue weighted by atomic mass is 32.2. The molecule has 0 spiro atoms. The highest BCUT2D eigenvalue weighted by Gasteiger charge is 2.27. The van der Waals surface area contributed by atoms with Crippen LogP contribution in [0.2, 0.25) is 0 Å². The average Bonchev–Trinajstić information content (AvgIpc) is 2.81. The molecule has 0 aliphatic carbocycles. The molecule has 1 fully saturated rings. The number of hydrogen-bond donors (Lipinski definition) is 1. The summed E-state index contributed by atoms with van der Waals surface area (Å²) in [7, 11) is -3.69. The van der Waals surface area contributed by atoms with E-state index in [0.717, 1.165) is 11.3 Å². The van der Waals surface area contributed by atoms with Crippen molar-refractivity contribution in [1.29, 1.82) is 0 Å². The predicted octanol–water partition coefficient (Wildman–Crippen LogP) is 3.26. The summed E-state index contributed by atoms with van der Waals surface area (Å²) in [6, 6.07) is 10.9. The first-order valence-electron chi connectivity index (χ1n) is 10.9. The van der Waals surface area contributed by atoms with Crippen molar-refractivity contribution >= 4 is 27.3 Å². The van der Waals surface area contributed by atoms with Crippen molar-refractivity contribution in [2.75, 3.05) is 49.6 Å². The minimum absolute atomic E-state index is 0.143. The third kappa shape index (κ3) is 5.85. The number of nitrogens with one attached hydrogen (secondary N) is 1. The Morgan fingerprint density at radius 3 is 2.38 bits per heavy atom. The molecule has 2 aromatic rings. The summed E-state index contributed by atoms with van der Waals surface area (Å²) in [5, 5.41) is 2.89. The summed E-state index contributed by atoms with van der Waals surface area (Å²) in [6.45, 7) is 6.77. The zero-order chi connectivity index (χ0) is 23.1. The van der Waals surface area contributed by atoms with Crippen molar-refractivity contribution in [2.45, 2.75) is 31.6 Å². The van der Waals surface area contributed by atoms with Crippen LogP contribution < -0.4 is 10.2 Å². The first-order valence-corrected chi connectivity index (χ1v) is 12.3. The topological polar surface area (TPSA) is 79.0 Å². The molecule has 2 aromatic carbocycles. The summed E-state index contributed by atoms with van der Waals surface area (Å²) in [4.78, 5) is 14.9. The first kappa shape index (κ1) is 24.2. The van der Waals surface area contributed by atoms with Gasteiger partial charge in [-0.3, -0.25) is 4.79 Å². The molecule has 174 valence electrons. The summed E-state index contributed by atoms with van der Waals surface area (Å²) < 4.78 is 46.0. The minimum atomic E-state index is -3.69. The lowest BCUT2D eigenvalue weighted by atomic mass is 10.1. The second-order valence-electron chi connectivity index (χ2n) is 7.54. The number of benzene rings is 2. The Labute approximate surface area is 189 Å². The third-order valence-corrected chi connectivity index (χ3v) is 7.40. The van der Waals surface area contributed by atoms with E-state index < -0.39 is 10.0 Å². The van der Waals surface area contributed by atoms with E-state index in [2.05, 4.69) is 10.2 Å². The largest absolute Gasteiger partial charge is 0.379 e. The molecule has 0 atom stereocenters. The Kier molecular flexibility index (Phi) is 8.22. The number of ether oxygens (including phenoxy) is 1. The van der Waals surface area contributed by atoms with Crippen LogP contribution in [0.5, 0.6) is 0 Å². The molecule has 1 heterocycles. The highest BCUT2D eigenvalue weighted by molar-refractivity contribution is 7.89. The molecule has 0 aromatic heterocycles. The zero-order valence-electron chi connectivity index (χ0n) is 18.5. The van der Waals surface area contributed by atoms with E-state index in [9.17, 15) is 17.6 Å². The maximum atomic E-state index is 13.1. The Morgan fingerprint density at radius 1 is 1.09 bits per heavy atom. The number of rotatable bonds is 9. The van der Waals surface area contributed by atoms with Crippen molar-refractivity contribution in [2.24, 2.45) is 0 Å². The van der Waals surface area contributed by atoms with E-state index in [-0.39, 0.29) is 23.0 Å². The van der Waals surface area contributed by atoms with Gasteiger partial charge in [0.25, 0.3) is 0 Å². The molecule has 1 amide bonds. The van der Waals surface area contributed by atoms with Crippen LogP contribution in [0, 0.1) is 5.82 Å². The van der Waals surface area contributed by atoms with Crippen LogP contribution in [0.4, 0.5) is 15.8 Å². The van der Waals surface area contributed by atoms with Crippen LogP contribution in [-0.4, -0.2) is 58.0 Å². The van der Waals surface area contributed by atoms with Crippen molar-refractivity contribution in [3.05, 3.63) is 53.8 Å². The summed E-state index contributed by atoms with van der Waals surface area (Å²) in [6.07, 6.45) is 0.655. The summed E-state index contributed by atoms with van der Waals surface area (Å²) >= 11 is 0. The van der Waals surface area contributed by atoms with Crippen molar-refractivity contribution in [3.63, 3.8) is 0 Å². The molecule has 0 unspecified atom stereocenters.